The molecule has 2 amide bonds. The summed E-state index contributed by atoms with van der Waals surface area (Å²) in [4.78, 5) is 38.4. The predicted octanol–water partition coefficient (Wildman–Crippen LogP) is 2.40. The minimum atomic E-state index is -0.749. The average Bonchev–Trinajstić information content (AvgIpc) is 3.00. The van der Waals surface area contributed by atoms with Crippen molar-refractivity contribution in [2.45, 2.75) is 24.6 Å². The highest BCUT2D eigenvalue weighted by Gasteiger charge is 2.33. The minimum absolute atomic E-state index is 0.189. The van der Waals surface area contributed by atoms with E-state index in [4.69, 9.17) is 0 Å². The first kappa shape index (κ1) is 21.9. The summed E-state index contributed by atoms with van der Waals surface area (Å²) in [6.45, 7) is 1.75. The molecule has 0 spiro atoms. The van der Waals surface area contributed by atoms with E-state index in [1.807, 2.05) is 30.3 Å². The van der Waals surface area contributed by atoms with Gasteiger partial charge in [0.1, 0.15) is 17.5 Å². The van der Waals surface area contributed by atoms with Gasteiger partial charge in [-0.3, -0.25) is 19.1 Å². The maximum Gasteiger partial charge on any atom is 0.295 e. The summed E-state index contributed by atoms with van der Waals surface area (Å²) >= 11 is 1.38. The van der Waals surface area contributed by atoms with Crippen LogP contribution in [0.15, 0.2) is 59.4 Å². The lowest BCUT2D eigenvalue weighted by Gasteiger charge is -2.28. The van der Waals surface area contributed by atoms with Gasteiger partial charge in [-0.25, -0.2) is 9.07 Å². The van der Waals surface area contributed by atoms with Crippen molar-refractivity contribution < 1.29 is 14.0 Å². The average molecular weight is 455 g/mol. The molecule has 1 fully saturated rings. The summed E-state index contributed by atoms with van der Waals surface area (Å²) in [6.07, 6.45) is 0.449. The first-order valence-electron chi connectivity index (χ1n) is 10.2. The summed E-state index contributed by atoms with van der Waals surface area (Å²) in [5, 5.41) is 5.09. The Labute approximate surface area is 188 Å². The highest BCUT2D eigenvalue weighted by molar-refractivity contribution is 8.00. The Morgan fingerprint density at radius 2 is 1.84 bits per heavy atom. The van der Waals surface area contributed by atoms with Crippen LogP contribution in [-0.2, 0) is 23.1 Å². The van der Waals surface area contributed by atoms with Crippen LogP contribution in [0.3, 0.4) is 0 Å². The van der Waals surface area contributed by atoms with Crippen molar-refractivity contribution in [3.63, 3.8) is 0 Å². The standard InChI is InChI=1S/C23H23FN4O3S/c1-14-20(23(31)28(27(14)2)17-6-4-3-5-7-17)26-21(29)18-13-32-19(22(30)25-18)12-15-8-10-16(24)11-9-15/h3-11,18-19H,12-13H2,1-2H3,(H,25,30)(H,26,29)/t18-,19+/m1/s1. The fourth-order valence-electron chi connectivity index (χ4n) is 3.64. The number of nitrogens with one attached hydrogen (secondary N) is 2. The number of anilines is 1. The molecular formula is C23H23FN4O3S. The number of hydrogen-bond acceptors (Lipinski definition) is 4. The molecule has 166 valence electrons. The van der Waals surface area contributed by atoms with E-state index in [0.29, 0.717) is 23.6 Å². The van der Waals surface area contributed by atoms with Crippen molar-refractivity contribution in [2.24, 2.45) is 7.05 Å². The van der Waals surface area contributed by atoms with E-state index in [1.165, 1.54) is 28.6 Å². The molecule has 4 rings (SSSR count). The smallest absolute Gasteiger partial charge is 0.295 e. The van der Waals surface area contributed by atoms with Crippen molar-refractivity contribution in [1.82, 2.24) is 14.7 Å². The van der Waals surface area contributed by atoms with Gasteiger partial charge in [0.25, 0.3) is 5.56 Å². The SMILES string of the molecule is Cc1c(NC(=O)[C@H]2CS[C@@H](Cc3ccc(F)cc3)C(=O)N2)c(=O)n(-c2ccccc2)n1C. The number of halogens is 1. The number of amides is 2. The lowest BCUT2D eigenvalue weighted by Crippen LogP contribution is -2.53. The lowest BCUT2D eigenvalue weighted by molar-refractivity contribution is -0.126. The molecule has 0 radical (unpaired) electrons. The maximum atomic E-state index is 13.1. The third kappa shape index (κ3) is 4.34. The number of carbonyl (C=O) groups excluding carboxylic acids is 2. The Morgan fingerprint density at radius 1 is 1.16 bits per heavy atom. The molecule has 0 bridgehead atoms. The van der Waals surface area contributed by atoms with Gasteiger partial charge in [-0.2, -0.15) is 0 Å². The second kappa shape index (κ2) is 9.04. The Kier molecular flexibility index (Phi) is 6.18. The molecule has 2 aromatic carbocycles. The van der Waals surface area contributed by atoms with Crippen molar-refractivity contribution in [3.05, 3.63) is 82.0 Å². The molecule has 0 aliphatic carbocycles. The zero-order chi connectivity index (χ0) is 22.8. The fourth-order valence-corrected chi connectivity index (χ4v) is 4.83. The molecular weight excluding hydrogens is 431 g/mol. The Balaban J connectivity index is 1.45. The first-order valence-corrected chi connectivity index (χ1v) is 11.2. The van der Waals surface area contributed by atoms with Crippen LogP contribution < -0.4 is 16.2 Å². The molecule has 0 saturated carbocycles. The minimum Gasteiger partial charge on any atom is -0.343 e. The van der Waals surface area contributed by atoms with Gasteiger partial charge >= 0.3 is 0 Å². The van der Waals surface area contributed by atoms with Crippen LogP contribution >= 0.6 is 11.8 Å². The summed E-state index contributed by atoms with van der Waals surface area (Å²) in [7, 11) is 1.75. The second-order valence-electron chi connectivity index (χ2n) is 7.64. The maximum absolute atomic E-state index is 13.1. The summed E-state index contributed by atoms with van der Waals surface area (Å²) in [5.74, 6) is -0.634. The summed E-state index contributed by atoms with van der Waals surface area (Å²) in [5.41, 5.74) is 2.00. The predicted molar refractivity (Wildman–Crippen MR) is 123 cm³/mol. The molecule has 9 heteroatoms. The van der Waals surface area contributed by atoms with Crippen LogP contribution in [0.5, 0.6) is 0 Å². The van der Waals surface area contributed by atoms with Crippen LogP contribution in [0, 0.1) is 12.7 Å². The Hall–Kier alpha value is -3.33. The van der Waals surface area contributed by atoms with Gasteiger partial charge in [-0.1, -0.05) is 30.3 Å². The highest BCUT2D eigenvalue weighted by Crippen LogP contribution is 2.23. The van der Waals surface area contributed by atoms with Crippen LogP contribution in [-0.4, -0.2) is 38.2 Å². The van der Waals surface area contributed by atoms with Gasteiger partial charge in [0.15, 0.2) is 0 Å². The van der Waals surface area contributed by atoms with E-state index in [9.17, 15) is 18.8 Å². The van der Waals surface area contributed by atoms with E-state index < -0.39 is 11.9 Å². The normalized spacial score (nSPS) is 18.3. The van der Waals surface area contributed by atoms with Gasteiger partial charge in [0.05, 0.1) is 16.6 Å². The number of para-hydroxylation sites is 1. The first-order chi connectivity index (χ1) is 15.3. The largest absolute Gasteiger partial charge is 0.343 e. The van der Waals surface area contributed by atoms with Gasteiger partial charge < -0.3 is 10.6 Å². The number of rotatable bonds is 5. The van der Waals surface area contributed by atoms with Crippen LogP contribution in [0.2, 0.25) is 0 Å². The summed E-state index contributed by atoms with van der Waals surface area (Å²) in [6, 6.07) is 14.4. The van der Waals surface area contributed by atoms with E-state index in [-0.39, 0.29) is 28.2 Å². The topological polar surface area (TPSA) is 85.1 Å². The molecule has 7 nitrogen and oxygen atoms in total. The van der Waals surface area contributed by atoms with Crippen molar-refractivity contribution in [3.8, 4) is 5.69 Å². The zero-order valence-corrected chi connectivity index (χ0v) is 18.5. The van der Waals surface area contributed by atoms with Gasteiger partial charge in [0, 0.05) is 12.8 Å². The van der Waals surface area contributed by atoms with Crippen molar-refractivity contribution in [2.75, 3.05) is 11.1 Å². The van der Waals surface area contributed by atoms with Crippen molar-refractivity contribution in [1.29, 1.82) is 0 Å². The molecule has 2 N–H and O–H groups in total. The van der Waals surface area contributed by atoms with Gasteiger partial charge in [-0.15, -0.1) is 11.8 Å². The fraction of sp³-hybridized carbons (Fsp3) is 0.261. The molecule has 2 heterocycles. The van der Waals surface area contributed by atoms with E-state index in [1.54, 1.807) is 30.8 Å². The van der Waals surface area contributed by atoms with E-state index in [0.717, 1.165) is 5.56 Å². The van der Waals surface area contributed by atoms with Crippen LogP contribution in [0.25, 0.3) is 5.69 Å². The van der Waals surface area contributed by atoms with Crippen LogP contribution in [0.1, 0.15) is 11.3 Å². The van der Waals surface area contributed by atoms with Crippen LogP contribution in [0.4, 0.5) is 10.1 Å². The number of aromatic nitrogens is 2. The van der Waals surface area contributed by atoms with E-state index >= 15 is 0 Å². The van der Waals surface area contributed by atoms with Crippen molar-refractivity contribution >= 4 is 29.3 Å². The van der Waals surface area contributed by atoms with E-state index in [2.05, 4.69) is 10.6 Å². The quantitative estimate of drug-likeness (QED) is 0.620. The third-order valence-corrected chi connectivity index (χ3v) is 6.84. The summed E-state index contributed by atoms with van der Waals surface area (Å²) < 4.78 is 16.3. The highest BCUT2D eigenvalue weighted by atomic mass is 32.2. The molecule has 1 aliphatic rings. The molecule has 2 atom stereocenters. The number of carbonyl (C=O) groups is 2. The van der Waals surface area contributed by atoms with Gasteiger partial charge in [-0.05, 0) is 43.2 Å². The molecule has 1 aliphatic heterocycles. The monoisotopic (exact) mass is 454 g/mol. The lowest BCUT2D eigenvalue weighted by atomic mass is 10.1. The molecule has 1 saturated heterocycles. The molecule has 1 aromatic heterocycles. The Bertz CT molecular complexity index is 1200. The molecule has 0 unspecified atom stereocenters. The number of thioether (sulfide) groups is 1. The third-order valence-electron chi connectivity index (χ3n) is 5.53. The molecule has 3 aromatic rings. The molecule has 32 heavy (non-hydrogen) atoms. The zero-order valence-electron chi connectivity index (χ0n) is 17.7. The number of hydrogen-bond donors (Lipinski definition) is 2. The number of nitrogens with zero attached hydrogens (tertiary/aromatic N) is 2. The Morgan fingerprint density at radius 3 is 2.50 bits per heavy atom. The van der Waals surface area contributed by atoms with Gasteiger partial charge in [0.2, 0.25) is 11.8 Å². The number of benzene rings is 2. The second-order valence-corrected chi connectivity index (χ2v) is 8.88.